The lowest BCUT2D eigenvalue weighted by atomic mass is 9.94. The summed E-state index contributed by atoms with van der Waals surface area (Å²) in [6.07, 6.45) is 18.4. The average molecular weight is 234 g/mol. The van der Waals surface area contributed by atoms with E-state index in [0.29, 0.717) is 0 Å². The minimum Gasteiger partial charge on any atom is -0.0836 e. The van der Waals surface area contributed by atoms with Crippen molar-refractivity contribution in [3.05, 3.63) is 71.8 Å². The number of rotatable bonds is 2. The molecule has 0 unspecified atom stereocenters. The number of hydrogen-bond donors (Lipinski definition) is 0. The molecule has 1 aromatic rings. The fourth-order valence-electron chi connectivity index (χ4n) is 2.53. The number of allylic oxidation sites excluding steroid dienone is 8. The van der Waals surface area contributed by atoms with Gasteiger partial charge in [0.05, 0.1) is 0 Å². The Morgan fingerprint density at radius 1 is 0.667 bits per heavy atom. The second-order valence-corrected chi connectivity index (χ2v) is 4.86. The zero-order chi connectivity index (χ0) is 12.2. The maximum Gasteiger partial charge on any atom is -0.0181 e. The second-order valence-electron chi connectivity index (χ2n) is 4.86. The van der Waals surface area contributed by atoms with E-state index in [1.807, 2.05) is 0 Å². The van der Waals surface area contributed by atoms with Crippen LogP contribution in [0.25, 0.3) is 11.1 Å². The summed E-state index contributed by atoms with van der Waals surface area (Å²) in [6, 6.07) is 8.89. The molecule has 18 heavy (non-hydrogen) atoms. The molecule has 0 heterocycles. The molecule has 2 aliphatic rings. The highest BCUT2D eigenvalue weighted by Gasteiger charge is 2.05. The molecule has 1 aromatic carbocycles. The summed E-state index contributed by atoms with van der Waals surface area (Å²) >= 11 is 0. The first-order chi connectivity index (χ1) is 8.93. The molecule has 0 N–H and O–H groups in total. The van der Waals surface area contributed by atoms with E-state index in [1.54, 1.807) is 0 Å². The third-order valence-corrected chi connectivity index (χ3v) is 3.52. The lowest BCUT2D eigenvalue weighted by Crippen LogP contribution is -1.90. The van der Waals surface area contributed by atoms with Crippen molar-refractivity contribution in [3.8, 4) is 0 Å². The molecule has 3 rings (SSSR count). The molecule has 0 heteroatoms. The van der Waals surface area contributed by atoms with E-state index >= 15 is 0 Å². The van der Waals surface area contributed by atoms with E-state index < -0.39 is 0 Å². The van der Waals surface area contributed by atoms with E-state index in [4.69, 9.17) is 0 Å². The Kier molecular flexibility index (Phi) is 3.27. The van der Waals surface area contributed by atoms with Crippen LogP contribution >= 0.6 is 0 Å². The monoisotopic (exact) mass is 234 g/mol. The summed E-state index contributed by atoms with van der Waals surface area (Å²) in [7, 11) is 0. The predicted octanol–water partition coefficient (Wildman–Crippen LogP) is 5.15. The minimum absolute atomic E-state index is 1.17. The highest BCUT2D eigenvalue weighted by molar-refractivity contribution is 5.80. The Labute approximate surface area is 109 Å². The van der Waals surface area contributed by atoms with Crippen LogP contribution in [0.2, 0.25) is 0 Å². The van der Waals surface area contributed by atoms with E-state index in [2.05, 4.69) is 60.7 Å². The number of benzene rings is 1. The summed E-state index contributed by atoms with van der Waals surface area (Å²) in [4.78, 5) is 0. The van der Waals surface area contributed by atoms with Gasteiger partial charge in [-0.15, -0.1) is 0 Å². The third-order valence-electron chi connectivity index (χ3n) is 3.52. The average Bonchev–Trinajstić information content (AvgIpc) is 2.49. The van der Waals surface area contributed by atoms with Gasteiger partial charge < -0.3 is 0 Å². The molecule has 0 nitrogen and oxygen atoms in total. The molecule has 0 radical (unpaired) electrons. The maximum atomic E-state index is 2.34. The Balaban J connectivity index is 1.94. The number of hydrogen-bond acceptors (Lipinski definition) is 0. The molecule has 0 saturated carbocycles. The highest BCUT2D eigenvalue weighted by atomic mass is 14.1. The topological polar surface area (TPSA) is 0 Å². The summed E-state index contributed by atoms with van der Waals surface area (Å²) in [6.45, 7) is 0. The van der Waals surface area contributed by atoms with Gasteiger partial charge in [0.15, 0.2) is 0 Å². The van der Waals surface area contributed by atoms with Crippen LogP contribution < -0.4 is 0 Å². The normalized spacial score (nSPS) is 18.4. The molecule has 0 atom stereocenters. The van der Waals surface area contributed by atoms with Crippen molar-refractivity contribution in [1.29, 1.82) is 0 Å². The lowest BCUT2D eigenvalue weighted by Gasteiger charge is -2.11. The Hall–Kier alpha value is -1.82. The van der Waals surface area contributed by atoms with Crippen LogP contribution in [-0.4, -0.2) is 0 Å². The standard InChI is InChI=1S/C18H18/c1-3-8-15(9-4-1)17-12-7-13-18(14-17)16-10-5-2-6-11-16/h3,5,7-14H,1-2,4,6H2. The van der Waals surface area contributed by atoms with Gasteiger partial charge >= 0.3 is 0 Å². The van der Waals surface area contributed by atoms with Crippen molar-refractivity contribution in [2.75, 3.05) is 0 Å². The van der Waals surface area contributed by atoms with Crippen LogP contribution in [-0.2, 0) is 0 Å². The van der Waals surface area contributed by atoms with Crippen molar-refractivity contribution >= 4 is 11.1 Å². The molecular formula is C18H18. The van der Waals surface area contributed by atoms with E-state index in [-0.39, 0.29) is 0 Å². The first-order valence-electron chi connectivity index (χ1n) is 6.78. The molecule has 0 saturated heterocycles. The maximum absolute atomic E-state index is 2.34. The third kappa shape index (κ3) is 2.38. The van der Waals surface area contributed by atoms with Crippen molar-refractivity contribution < 1.29 is 0 Å². The van der Waals surface area contributed by atoms with Crippen LogP contribution in [0.15, 0.2) is 60.7 Å². The smallest absolute Gasteiger partial charge is 0.0181 e. The fourth-order valence-corrected chi connectivity index (χ4v) is 2.53. The molecule has 0 aliphatic heterocycles. The van der Waals surface area contributed by atoms with Crippen LogP contribution in [0.4, 0.5) is 0 Å². The van der Waals surface area contributed by atoms with Crippen LogP contribution in [0.1, 0.15) is 36.8 Å². The van der Waals surface area contributed by atoms with Gasteiger partial charge in [-0.25, -0.2) is 0 Å². The molecule has 90 valence electrons. The van der Waals surface area contributed by atoms with Crippen molar-refractivity contribution in [1.82, 2.24) is 0 Å². The zero-order valence-corrected chi connectivity index (χ0v) is 10.6. The zero-order valence-electron chi connectivity index (χ0n) is 10.6. The van der Waals surface area contributed by atoms with Crippen LogP contribution in [0.3, 0.4) is 0 Å². The highest BCUT2D eigenvalue weighted by Crippen LogP contribution is 2.26. The van der Waals surface area contributed by atoms with Crippen molar-refractivity contribution in [2.24, 2.45) is 0 Å². The van der Waals surface area contributed by atoms with Gasteiger partial charge in [-0.3, -0.25) is 0 Å². The lowest BCUT2D eigenvalue weighted by molar-refractivity contribution is 1.04. The fraction of sp³-hybridized carbons (Fsp3) is 0.222. The first kappa shape index (κ1) is 11.3. The van der Waals surface area contributed by atoms with Crippen LogP contribution in [0.5, 0.6) is 0 Å². The quantitative estimate of drug-likeness (QED) is 0.663. The van der Waals surface area contributed by atoms with E-state index in [1.165, 1.54) is 48.0 Å². The van der Waals surface area contributed by atoms with Gasteiger partial charge in [0.25, 0.3) is 0 Å². The molecule has 0 fully saturated rings. The largest absolute Gasteiger partial charge is 0.0836 e. The Bertz CT molecular complexity index is 506. The predicted molar refractivity (Wildman–Crippen MR) is 79.1 cm³/mol. The van der Waals surface area contributed by atoms with Gasteiger partial charge in [-0.2, -0.15) is 0 Å². The molecule has 0 amide bonds. The Morgan fingerprint density at radius 2 is 1.22 bits per heavy atom. The molecular weight excluding hydrogens is 216 g/mol. The minimum atomic E-state index is 1.17. The summed E-state index contributed by atoms with van der Waals surface area (Å²) in [5.41, 5.74) is 5.40. The van der Waals surface area contributed by atoms with E-state index in [0.717, 1.165) is 0 Å². The van der Waals surface area contributed by atoms with Gasteiger partial charge in [0.1, 0.15) is 0 Å². The summed E-state index contributed by atoms with van der Waals surface area (Å²) in [5, 5.41) is 0. The first-order valence-corrected chi connectivity index (χ1v) is 6.78. The molecule has 0 bridgehead atoms. The Morgan fingerprint density at radius 3 is 1.67 bits per heavy atom. The SMILES string of the molecule is C1=CC(c2cccc(C3=CCCC=C3)c2)=CCC1. The van der Waals surface area contributed by atoms with Gasteiger partial charge in [-0.1, -0.05) is 54.7 Å². The van der Waals surface area contributed by atoms with Gasteiger partial charge in [0, 0.05) is 0 Å². The molecule has 0 spiro atoms. The second kappa shape index (κ2) is 5.22. The van der Waals surface area contributed by atoms with E-state index in [9.17, 15) is 0 Å². The van der Waals surface area contributed by atoms with Crippen molar-refractivity contribution in [2.45, 2.75) is 25.7 Å². The summed E-state index contributed by atoms with van der Waals surface area (Å²) in [5.74, 6) is 0. The van der Waals surface area contributed by atoms with Gasteiger partial charge in [0.2, 0.25) is 0 Å². The van der Waals surface area contributed by atoms with Gasteiger partial charge in [-0.05, 0) is 54.0 Å². The van der Waals surface area contributed by atoms with Crippen LogP contribution in [0, 0.1) is 0 Å². The summed E-state index contributed by atoms with van der Waals surface area (Å²) < 4.78 is 0. The molecule has 2 aliphatic carbocycles. The molecule has 0 aromatic heterocycles. The van der Waals surface area contributed by atoms with Crippen molar-refractivity contribution in [3.63, 3.8) is 0 Å².